The summed E-state index contributed by atoms with van der Waals surface area (Å²) in [6, 6.07) is 3.76. The third-order valence-electron chi connectivity index (χ3n) is 4.51. The zero-order chi connectivity index (χ0) is 22.7. The molecule has 0 spiro atoms. The molecule has 31 heavy (non-hydrogen) atoms. The van der Waals surface area contributed by atoms with E-state index in [9.17, 15) is 14.4 Å². The van der Waals surface area contributed by atoms with Crippen molar-refractivity contribution in [1.29, 1.82) is 0 Å². The van der Waals surface area contributed by atoms with Crippen molar-refractivity contribution in [2.45, 2.75) is 19.9 Å². The van der Waals surface area contributed by atoms with Crippen molar-refractivity contribution in [3.63, 3.8) is 0 Å². The molecule has 0 aliphatic carbocycles. The number of hydrogen-bond donors (Lipinski definition) is 1. The highest BCUT2D eigenvalue weighted by molar-refractivity contribution is 7.20. The lowest BCUT2D eigenvalue weighted by molar-refractivity contribution is -0.118. The molecule has 0 saturated carbocycles. The fraction of sp³-hybridized carbons (Fsp3) is 0.300. The van der Waals surface area contributed by atoms with Gasteiger partial charge in [0.1, 0.15) is 22.4 Å². The molecule has 3 aromatic rings. The molecule has 8 nitrogen and oxygen atoms in total. The molecule has 0 aliphatic heterocycles. The van der Waals surface area contributed by atoms with Gasteiger partial charge in [-0.2, -0.15) is 0 Å². The average Bonchev–Trinajstić information content (AvgIpc) is 3.04. The number of hydrogen-bond acceptors (Lipinski definition) is 7. The Morgan fingerprint density at radius 1 is 1.23 bits per heavy atom. The molecule has 1 aromatic carbocycles. The zero-order valence-electron chi connectivity index (χ0n) is 16.9. The molecule has 0 aliphatic rings. The van der Waals surface area contributed by atoms with Gasteiger partial charge in [-0.05, 0) is 37.6 Å². The summed E-state index contributed by atoms with van der Waals surface area (Å²) in [4.78, 5) is 43.1. The second-order valence-corrected chi connectivity index (χ2v) is 8.52. The van der Waals surface area contributed by atoms with Gasteiger partial charge in [-0.3, -0.25) is 14.2 Å². The highest BCUT2D eigenvalue weighted by Gasteiger charge is 2.23. The maximum absolute atomic E-state index is 13.1. The van der Waals surface area contributed by atoms with Crippen molar-refractivity contribution in [2.75, 3.05) is 25.6 Å². The number of carbonyl (C=O) groups excluding carboxylic acids is 2. The second kappa shape index (κ2) is 9.78. The number of carbonyl (C=O) groups is 2. The van der Waals surface area contributed by atoms with Crippen molar-refractivity contribution >= 4 is 62.3 Å². The van der Waals surface area contributed by atoms with Crippen LogP contribution in [-0.2, 0) is 14.3 Å². The number of methoxy groups -OCH3 is 1. The van der Waals surface area contributed by atoms with E-state index in [2.05, 4.69) is 10.3 Å². The van der Waals surface area contributed by atoms with E-state index < -0.39 is 23.5 Å². The van der Waals surface area contributed by atoms with E-state index in [-0.39, 0.29) is 18.6 Å². The van der Waals surface area contributed by atoms with Crippen molar-refractivity contribution in [3.05, 3.63) is 55.4 Å². The van der Waals surface area contributed by atoms with Crippen LogP contribution in [0.1, 0.15) is 28.2 Å². The maximum Gasteiger partial charge on any atom is 0.348 e. The largest absolute Gasteiger partial charge is 0.459 e. The lowest BCUT2D eigenvalue weighted by Gasteiger charge is -2.15. The monoisotopic (exact) mass is 483 g/mol. The van der Waals surface area contributed by atoms with Gasteiger partial charge in [0.2, 0.25) is 5.91 Å². The molecule has 1 unspecified atom stereocenters. The molecule has 0 radical (unpaired) electrons. The molecule has 1 N–H and O–H groups in total. The number of amides is 1. The summed E-state index contributed by atoms with van der Waals surface area (Å²) in [5.74, 6) is -0.999. The van der Waals surface area contributed by atoms with Gasteiger partial charge in [0, 0.05) is 22.8 Å². The lowest BCUT2D eigenvalue weighted by atomic mass is 10.2. The number of rotatable bonds is 7. The van der Waals surface area contributed by atoms with Crippen LogP contribution in [0.15, 0.2) is 29.3 Å². The van der Waals surface area contributed by atoms with Gasteiger partial charge in [-0.15, -0.1) is 11.3 Å². The topological polar surface area (TPSA) is 99.5 Å². The van der Waals surface area contributed by atoms with E-state index in [1.165, 1.54) is 18.0 Å². The first-order chi connectivity index (χ1) is 14.7. The molecular formula is C20H19Cl2N3O5S. The molecule has 2 aromatic heterocycles. The van der Waals surface area contributed by atoms with Crippen molar-refractivity contribution in [3.8, 4) is 0 Å². The Balaban J connectivity index is 1.89. The number of aryl methyl sites for hydroxylation is 1. The summed E-state index contributed by atoms with van der Waals surface area (Å²) in [5, 5.41) is 3.70. The Morgan fingerprint density at radius 2 is 1.90 bits per heavy atom. The standard InChI is InChI=1S/C20H19Cl2N3O5S/c1-10-15-18(31-16(10)20(28)30-5-4-29-3)23-9-25(19(15)27)11(2)17(26)24-14-7-12(21)6-13(22)8-14/h6-9,11H,4-5H2,1-3H3,(H,24,26). The molecule has 11 heteroatoms. The van der Waals surface area contributed by atoms with Gasteiger partial charge < -0.3 is 14.8 Å². The number of thiophene rings is 1. The minimum atomic E-state index is -0.876. The quantitative estimate of drug-likeness (QED) is 0.401. The fourth-order valence-corrected chi connectivity index (χ4v) is 4.45. The van der Waals surface area contributed by atoms with Crippen LogP contribution in [0, 0.1) is 6.92 Å². The molecule has 0 saturated heterocycles. The third kappa shape index (κ3) is 5.07. The maximum atomic E-state index is 13.1. The first kappa shape index (κ1) is 23.2. The molecule has 164 valence electrons. The molecule has 3 rings (SSSR count). The first-order valence-corrected chi connectivity index (χ1v) is 10.7. The van der Waals surface area contributed by atoms with Crippen LogP contribution >= 0.6 is 34.5 Å². The first-order valence-electron chi connectivity index (χ1n) is 9.16. The molecule has 2 heterocycles. The third-order valence-corrected chi connectivity index (χ3v) is 6.13. The minimum absolute atomic E-state index is 0.103. The number of benzene rings is 1. The van der Waals surface area contributed by atoms with Crippen LogP contribution in [0.4, 0.5) is 5.69 Å². The Kier molecular flexibility index (Phi) is 7.32. The van der Waals surface area contributed by atoms with Crippen LogP contribution in [-0.4, -0.2) is 41.8 Å². The van der Waals surface area contributed by atoms with Crippen molar-refractivity contribution < 1.29 is 19.1 Å². The smallest absolute Gasteiger partial charge is 0.348 e. The zero-order valence-corrected chi connectivity index (χ0v) is 19.2. The van der Waals surface area contributed by atoms with Gasteiger partial charge in [0.25, 0.3) is 5.56 Å². The van der Waals surface area contributed by atoms with E-state index in [1.807, 2.05) is 0 Å². The van der Waals surface area contributed by atoms with E-state index >= 15 is 0 Å². The molecule has 1 atom stereocenters. The Hall–Kier alpha value is -2.46. The molecule has 0 fully saturated rings. The molecule has 0 bridgehead atoms. The van der Waals surface area contributed by atoms with Gasteiger partial charge in [0.15, 0.2) is 0 Å². The van der Waals surface area contributed by atoms with Crippen molar-refractivity contribution in [2.24, 2.45) is 0 Å². The number of nitrogens with one attached hydrogen (secondary N) is 1. The number of halogens is 2. The summed E-state index contributed by atoms with van der Waals surface area (Å²) in [6.07, 6.45) is 1.29. The predicted octanol–water partition coefficient (Wildman–Crippen LogP) is 4.08. The highest BCUT2D eigenvalue weighted by Crippen LogP contribution is 2.28. The summed E-state index contributed by atoms with van der Waals surface area (Å²) >= 11 is 13.0. The molecule has 1 amide bonds. The van der Waals surface area contributed by atoms with Gasteiger partial charge in [0.05, 0.1) is 18.3 Å². The number of esters is 1. The second-order valence-electron chi connectivity index (χ2n) is 6.65. The summed E-state index contributed by atoms with van der Waals surface area (Å²) < 4.78 is 11.2. The summed E-state index contributed by atoms with van der Waals surface area (Å²) in [6.45, 7) is 3.59. The van der Waals surface area contributed by atoms with E-state index in [1.54, 1.807) is 32.0 Å². The number of aromatic nitrogens is 2. The minimum Gasteiger partial charge on any atom is -0.459 e. The van der Waals surface area contributed by atoms with Crippen LogP contribution in [0.2, 0.25) is 10.0 Å². The summed E-state index contributed by atoms with van der Waals surface area (Å²) in [5.41, 5.74) is 0.439. The number of anilines is 1. The van der Waals surface area contributed by atoms with E-state index in [4.69, 9.17) is 32.7 Å². The van der Waals surface area contributed by atoms with Crippen LogP contribution in [0.5, 0.6) is 0 Å². The number of ether oxygens (including phenoxy) is 2. The Morgan fingerprint density at radius 3 is 2.55 bits per heavy atom. The lowest BCUT2D eigenvalue weighted by Crippen LogP contribution is -2.31. The van der Waals surface area contributed by atoms with E-state index in [0.29, 0.717) is 31.0 Å². The van der Waals surface area contributed by atoms with Gasteiger partial charge in [-0.1, -0.05) is 23.2 Å². The molecular weight excluding hydrogens is 465 g/mol. The van der Waals surface area contributed by atoms with Crippen LogP contribution in [0.25, 0.3) is 10.2 Å². The predicted molar refractivity (Wildman–Crippen MR) is 121 cm³/mol. The van der Waals surface area contributed by atoms with Gasteiger partial charge in [-0.25, -0.2) is 9.78 Å². The normalized spacial score (nSPS) is 12.0. The SMILES string of the molecule is COCCOC(=O)c1sc2ncn(C(C)C(=O)Nc3cc(Cl)cc(Cl)c3)c(=O)c2c1C. The highest BCUT2D eigenvalue weighted by atomic mass is 35.5. The van der Waals surface area contributed by atoms with Crippen molar-refractivity contribution in [1.82, 2.24) is 9.55 Å². The van der Waals surface area contributed by atoms with E-state index in [0.717, 1.165) is 11.3 Å². The Labute approximate surface area is 191 Å². The van der Waals surface area contributed by atoms with Crippen LogP contribution < -0.4 is 10.9 Å². The number of nitrogens with zero attached hydrogens (tertiary/aromatic N) is 2. The van der Waals surface area contributed by atoms with Crippen LogP contribution in [0.3, 0.4) is 0 Å². The Bertz CT molecular complexity index is 1190. The number of fused-ring (bicyclic) bond motifs is 1. The summed E-state index contributed by atoms with van der Waals surface area (Å²) in [7, 11) is 1.50. The fourth-order valence-electron chi connectivity index (χ4n) is 2.89. The van der Waals surface area contributed by atoms with Gasteiger partial charge >= 0.3 is 5.97 Å². The average molecular weight is 484 g/mol.